The van der Waals surface area contributed by atoms with E-state index in [9.17, 15) is 19.2 Å². The highest BCUT2D eigenvalue weighted by Crippen LogP contribution is 2.22. The van der Waals surface area contributed by atoms with Crippen molar-refractivity contribution in [3.05, 3.63) is 107 Å². The zero-order valence-electron chi connectivity index (χ0n) is 22.5. The summed E-state index contributed by atoms with van der Waals surface area (Å²) in [4.78, 5) is 48.8. The Hall–Kier alpha value is -4.70. The smallest absolute Gasteiger partial charge is 0.407 e. The summed E-state index contributed by atoms with van der Waals surface area (Å²) in [6.45, 7) is 4.47. The Morgan fingerprint density at radius 3 is 1.52 bits per heavy atom. The summed E-state index contributed by atoms with van der Waals surface area (Å²) < 4.78 is 10.1. The molecule has 0 radical (unpaired) electrons. The van der Waals surface area contributed by atoms with Gasteiger partial charge in [0.05, 0.1) is 11.1 Å². The number of carbonyl (C=O) groups is 4. The van der Waals surface area contributed by atoms with Gasteiger partial charge < -0.3 is 25.8 Å². The van der Waals surface area contributed by atoms with E-state index in [0.29, 0.717) is 17.7 Å². The van der Waals surface area contributed by atoms with E-state index < -0.39 is 18.2 Å². The maximum absolute atomic E-state index is 12.3. The van der Waals surface area contributed by atoms with Crippen LogP contribution in [0.25, 0.3) is 0 Å². The lowest BCUT2D eigenvalue weighted by molar-refractivity contribution is 0.0635. The second-order valence-corrected chi connectivity index (χ2v) is 9.22. The molecule has 0 saturated heterocycles. The predicted molar refractivity (Wildman–Crippen MR) is 149 cm³/mol. The molecule has 0 aliphatic carbocycles. The van der Waals surface area contributed by atoms with Gasteiger partial charge in [-0.3, -0.25) is 14.5 Å². The van der Waals surface area contributed by atoms with Crippen LogP contribution < -0.4 is 16.4 Å². The van der Waals surface area contributed by atoms with E-state index in [1.165, 1.54) is 0 Å². The first-order valence-corrected chi connectivity index (χ1v) is 12.9. The molecule has 0 unspecified atom stereocenters. The molecule has 10 nitrogen and oxygen atoms in total. The Balaban J connectivity index is 0.000000252. The van der Waals surface area contributed by atoms with Crippen molar-refractivity contribution >= 4 is 24.0 Å². The first-order chi connectivity index (χ1) is 19.3. The van der Waals surface area contributed by atoms with Gasteiger partial charge in [0.15, 0.2) is 0 Å². The fourth-order valence-corrected chi connectivity index (χ4v) is 3.72. The molecule has 0 spiro atoms. The van der Waals surface area contributed by atoms with Crippen LogP contribution in [0.2, 0.25) is 0 Å². The molecule has 10 heteroatoms. The van der Waals surface area contributed by atoms with Gasteiger partial charge in [0.1, 0.15) is 13.2 Å². The molecular weight excluding hydrogens is 512 g/mol. The lowest BCUT2D eigenvalue weighted by Crippen LogP contribution is -2.44. The monoisotopic (exact) mass is 546 g/mol. The molecule has 4 N–H and O–H groups in total. The van der Waals surface area contributed by atoms with Crippen LogP contribution in [-0.4, -0.2) is 54.1 Å². The molecule has 4 rings (SSSR count). The SMILES string of the molecule is C[C@@H](CN)NC(=O)OCc1ccccc1.C[C@@H](CN1C(=O)c2ccccc2C1=O)NC(=O)OCc1ccccc1. The Kier molecular flexibility index (Phi) is 11.2. The number of alkyl carbamates (subject to hydrolysis) is 2. The van der Waals surface area contributed by atoms with Gasteiger partial charge in [-0.2, -0.15) is 0 Å². The lowest BCUT2D eigenvalue weighted by Gasteiger charge is -2.20. The standard InChI is InChI=1S/C19H18N2O4.C11H16N2O2/c1-13(20-19(24)25-12-14-7-3-2-4-8-14)11-21-17(22)15-9-5-6-10-16(15)18(21)23;1-9(7-12)13-11(14)15-8-10-5-3-2-4-6-10/h2-10,13H,11-12H2,1H3,(H,20,24);2-6,9H,7-8,12H2,1H3,(H,13,14)/t13-;9-/m00/s1. The molecule has 0 saturated carbocycles. The first kappa shape index (κ1) is 29.9. The number of ether oxygens (including phenoxy) is 2. The summed E-state index contributed by atoms with van der Waals surface area (Å²) in [6, 6.07) is 25.0. The minimum absolute atomic E-state index is 0.0618. The van der Waals surface area contributed by atoms with E-state index in [2.05, 4.69) is 10.6 Å². The lowest BCUT2D eigenvalue weighted by atomic mass is 10.1. The van der Waals surface area contributed by atoms with Crippen LogP contribution in [0.15, 0.2) is 84.9 Å². The number of nitrogens with two attached hydrogens (primary N) is 1. The largest absolute Gasteiger partial charge is 0.445 e. The number of hydrogen-bond acceptors (Lipinski definition) is 7. The quantitative estimate of drug-likeness (QED) is 0.346. The normalized spacial score (nSPS) is 13.3. The first-order valence-electron chi connectivity index (χ1n) is 12.9. The molecule has 0 fully saturated rings. The van der Waals surface area contributed by atoms with Crippen molar-refractivity contribution in [3.63, 3.8) is 0 Å². The van der Waals surface area contributed by atoms with Crippen LogP contribution in [0.1, 0.15) is 45.7 Å². The van der Waals surface area contributed by atoms with E-state index in [-0.39, 0.29) is 37.6 Å². The molecule has 0 bridgehead atoms. The van der Waals surface area contributed by atoms with Crippen LogP contribution in [0, 0.1) is 0 Å². The summed E-state index contributed by atoms with van der Waals surface area (Å²) in [6.07, 6.45) is -1.02. The molecule has 3 aromatic carbocycles. The van der Waals surface area contributed by atoms with E-state index in [0.717, 1.165) is 16.0 Å². The van der Waals surface area contributed by atoms with Gasteiger partial charge in [0.2, 0.25) is 0 Å². The number of amides is 4. The van der Waals surface area contributed by atoms with E-state index >= 15 is 0 Å². The average Bonchev–Trinajstić information content (AvgIpc) is 3.21. The third kappa shape index (κ3) is 8.95. The summed E-state index contributed by atoms with van der Waals surface area (Å²) in [7, 11) is 0. The van der Waals surface area contributed by atoms with Gasteiger partial charge in [0, 0.05) is 25.2 Å². The van der Waals surface area contributed by atoms with E-state index in [1.807, 2.05) is 67.6 Å². The van der Waals surface area contributed by atoms with Crippen LogP contribution >= 0.6 is 0 Å². The van der Waals surface area contributed by atoms with Gasteiger partial charge in [0.25, 0.3) is 11.8 Å². The zero-order valence-corrected chi connectivity index (χ0v) is 22.5. The Morgan fingerprint density at radius 1 is 0.700 bits per heavy atom. The van der Waals surface area contributed by atoms with Crippen molar-refractivity contribution in [2.75, 3.05) is 13.1 Å². The van der Waals surface area contributed by atoms with Crippen molar-refractivity contribution in [3.8, 4) is 0 Å². The third-order valence-electron chi connectivity index (χ3n) is 5.84. The molecule has 0 aromatic heterocycles. The molecule has 1 heterocycles. The zero-order chi connectivity index (χ0) is 28.9. The summed E-state index contributed by atoms with van der Waals surface area (Å²) in [5.41, 5.74) is 7.99. The Bertz CT molecular complexity index is 1250. The number of nitrogens with one attached hydrogen (secondary N) is 2. The van der Waals surface area contributed by atoms with Crippen molar-refractivity contribution in [2.24, 2.45) is 5.73 Å². The summed E-state index contributed by atoms with van der Waals surface area (Å²) >= 11 is 0. The number of carbonyl (C=O) groups excluding carboxylic acids is 4. The number of imide groups is 1. The molecule has 1 aliphatic rings. The maximum atomic E-state index is 12.3. The third-order valence-corrected chi connectivity index (χ3v) is 5.84. The van der Waals surface area contributed by atoms with Gasteiger partial charge >= 0.3 is 12.2 Å². The molecule has 40 heavy (non-hydrogen) atoms. The van der Waals surface area contributed by atoms with Crippen molar-refractivity contribution in [2.45, 2.75) is 39.1 Å². The number of nitrogens with zero attached hydrogens (tertiary/aromatic N) is 1. The van der Waals surface area contributed by atoms with Crippen molar-refractivity contribution in [1.82, 2.24) is 15.5 Å². The van der Waals surface area contributed by atoms with E-state index in [1.54, 1.807) is 31.2 Å². The summed E-state index contributed by atoms with van der Waals surface area (Å²) in [5, 5.41) is 5.25. The van der Waals surface area contributed by atoms with Gasteiger partial charge in [-0.15, -0.1) is 0 Å². The highest BCUT2D eigenvalue weighted by molar-refractivity contribution is 6.21. The van der Waals surface area contributed by atoms with Crippen molar-refractivity contribution in [1.29, 1.82) is 0 Å². The van der Waals surface area contributed by atoms with Gasteiger partial charge in [-0.1, -0.05) is 72.8 Å². The highest BCUT2D eigenvalue weighted by atomic mass is 16.6. The van der Waals surface area contributed by atoms with Crippen LogP contribution in [0.3, 0.4) is 0 Å². The van der Waals surface area contributed by atoms with Crippen LogP contribution in [0.5, 0.6) is 0 Å². The molecule has 3 aromatic rings. The molecular formula is C30H34N4O6. The predicted octanol–water partition coefficient (Wildman–Crippen LogP) is 3.86. The number of hydrogen-bond donors (Lipinski definition) is 3. The maximum Gasteiger partial charge on any atom is 0.407 e. The van der Waals surface area contributed by atoms with Gasteiger partial charge in [-0.25, -0.2) is 9.59 Å². The minimum Gasteiger partial charge on any atom is -0.445 e. The fraction of sp³-hybridized carbons (Fsp3) is 0.267. The summed E-state index contributed by atoms with van der Waals surface area (Å²) in [5.74, 6) is -0.682. The minimum atomic E-state index is -0.590. The Morgan fingerprint density at radius 2 is 1.10 bits per heavy atom. The molecule has 1 aliphatic heterocycles. The highest BCUT2D eigenvalue weighted by Gasteiger charge is 2.35. The Labute approximate surface area is 233 Å². The molecule has 210 valence electrons. The number of rotatable bonds is 9. The second kappa shape index (κ2) is 15.0. The number of fused-ring (bicyclic) bond motifs is 1. The molecule has 2 atom stereocenters. The molecule has 4 amide bonds. The van der Waals surface area contributed by atoms with E-state index in [4.69, 9.17) is 15.2 Å². The van der Waals surface area contributed by atoms with Crippen LogP contribution in [-0.2, 0) is 22.7 Å². The topological polar surface area (TPSA) is 140 Å². The second-order valence-electron chi connectivity index (χ2n) is 9.22. The van der Waals surface area contributed by atoms with Crippen molar-refractivity contribution < 1.29 is 28.7 Å². The average molecular weight is 547 g/mol. The fourth-order valence-electron chi connectivity index (χ4n) is 3.72. The van der Waals surface area contributed by atoms with Crippen LogP contribution in [0.4, 0.5) is 9.59 Å². The number of benzene rings is 3. The van der Waals surface area contributed by atoms with Gasteiger partial charge in [-0.05, 0) is 37.1 Å².